The second kappa shape index (κ2) is 11.7. The summed E-state index contributed by atoms with van der Waals surface area (Å²) in [6.45, 7) is 6.97. The van der Waals surface area contributed by atoms with E-state index >= 15 is 0 Å². The first-order valence-electron chi connectivity index (χ1n) is 14.8. The number of rotatable bonds is 7. The van der Waals surface area contributed by atoms with Gasteiger partial charge in [-0.05, 0) is 37.3 Å². The summed E-state index contributed by atoms with van der Waals surface area (Å²) in [5, 5.41) is 56.5. The maximum Gasteiger partial charge on any atom is 0.202 e. The molecule has 1 saturated heterocycles. The number of hydrogen-bond acceptors (Lipinski definition) is 10. The molecule has 1 fully saturated rings. The number of aliphatic hydroxyl groups is 3. The van der Waals surface area contributed by atoms with E-state index < -0.39 is 59.9 Å². The number of phenolic OH excluding ortho intramolecular Hbond substituents is 2. The van der Waals surface area contributed by atoms with Gasteiger partial charge < -0.3 is 39.7 Å². The fraction of sp³-hybridized carbons (Fsp3) is 0.515. The number of ether oxygens (including phenoxy) is 3. The Morgan fingerprint density at radius 1 is 1.05 bits per heavy atom. The third kappa shape index (κ3) is 4.95. The molecule has 6 atom stereocenters. The second-order valence-corrected chi connectivity index (χ2v) is 11.8. The molecule has 1 aliphatic heterocycles. The van der Waals surface area contributed by atoms with E-state index in [2.05, 4.69) is 0 Å². The van der Waals surface area contributed by atoms with Crippen molar-refractivity contribution in [1.29, 1.82) is 0 Å². The molecule has 2 aromatic carbocycles. The predicted molar refractivity (Wildman–Crippen MR) is 156 cm³/mol. The van der Waals surface area contributed by atoms with Crippen molar-refractivity contribution in [3.63, 3.8) is 0 Å². The van der Waals surface area contributed by atoms with Crippen molar-refractivity contribution in [2.24, 2.45) is 5.92 Å². The Labute approximate surface area is 250 Å². The van der Waals surface area contributed by atoms with Gasteiger partial charge in [-0.25, -0.2) is 0 Å². The van der Waals surface area contributed by atoms with Crippen LogP contribution in [0.2, 0.25) is 0 Å². The zero-order valence-electron chi connectivity index (χ0n) is 25.1. The third-order valence-electron chi connectivity index (χ3n) is 9.39. The normalized spacial score (nSPS) is 28.1. The number of phenols is 2. The number of ketones is 2. The van der Waals surface area contributed by atoms with Gasteiger partial charge in [0.2, 0.25) is 5.78 Å². The van der Waals surface area contributed by atoms with Crippen molar-refractivity contribution < 1.29 is 49.3 Å². The van der Waals surface area contributed by atoms with E-state index in [0.29, 0.717) is 24.8 Å². The van der Waals surface area contributed by atoms with Gasteiger partial charge in [-0.2, -0.15) is 0 Å². The number of carbonyl (C=O) groups excluding carboxylic acids is 2. The lowest BCUT2D eigenvalue weighted by molar-refractivity contribution is -0.254. The van der Waals surface area contributed by atoms with E-state index in [4.69, 9.17) is 14.2 Å². The van der Waals surface area contributed by atoms with Crippen LogP contribution in [0.5, 0.6) is 17.2 Å². The average Bonchev–Trinajstić information content (AvgIpc) is 2.98. The highest BCUT2D eigenvalue weighted by Gasteiger charge is 2.49. The van der Waals surface area contributed by atoms with Crippen molar-refractivity contribution in [2.75, 3.05) is 13.7 Å². The lowest BCUT2D eigenvalue weighted by Crippen LogP contribution is -2.46. The monoisotopic (exact) mass is 596 g/mol. The van der Waals surface area contributed by atoms with Gasteiger partial charge in [0.1, 0.15) is 17.2 Å². The van der Waals surface area contributed by atoms with E-state index in [1.165, 1.54) is 19.2 Å². The first kappa shape index (κ1) is 31.2. The molecule has 0 amide bonds. The quantitative estimate of drug-likeness (QED) is 0.200. The topological polar surface area (TPSA) is 163 Å². The average molecular weight is 597 g/mol. The number of allylic oxidation sites excluding steroid dienone is 1. The van der Waals surface area contributed by atoms with Gasteiger partial charge in [0, 0.05) is 36.0 Å². The summed E-state index contributed by atoms with van der Waals surface area (Å²) in [4.78, 5) is 27.6. The summed E-state index contributed by atoms with van der Waals surface area (Å²) in [5.41, 5.74) is -1.08. The largest absolute Gasteiger partial charge is 0.507 e. The molecule has 10 heteroatoms. The molecule has 0 spiro atoms. The molecule has 0 saturated carbocycles. The Hall–Kier alpha value is -3.28. The Bertz CT molecular complexity index is 1480. The van der Waals surface area contributed by atoms with Crippen molar-refractivity contribution >= 4 is 11.6 Å². The van der Waals surface area contributed by atoms with Gasteiger partial charge in [0.25, 0.3) is 0 Å². The molecule has 0 radical (unpaired) electrons. The summed E-state index contributed by atoms with van der Waals surface area (Å²) in [6, 6.07) is 4.55. The van der Waals surface area contributed by atoms with E-state index in [0.717, 1.165) is 5.57 Å². The van der Waals surface area contributed by atoms with Crippen LogP contribution in [0.3, 0.4) is 0 Å². The highest BCUT2D eigenvalue weighted by atomic mass is 16.7. The number of benzene rings is 2. The molecular weight excluding hydrogens is 556 g/mol. The highest BCUT2D eigenvalue weighted by molar-refractivity contribution is 6.31. The molecule has 5 N–H and O–H groups in total. The van der Waals surface area contributed by atoms with E-state index in [9.17, 15) is 35.1 Å². The molecule has 10 nitrogen and oxygen atoms in total. The van der Waals surface area contributed by atoms with Crippen LogP contribution in [0, 0.1) is 5.92 Å². The maximum absolute atomic E-state index is 13.9. The van der Waals surface area contributed by atoms with Gasteiger partial charge >= 0.3 is 0 Å². The fourth-order valence-corrected chi connectivity index (χ4v) is 7.08. The molecule has 2 aliphatic carbocycles. The van der Waals surface area contributed by atoms with Crippen LogP contribution in [0.4, 0.5) is 0 Å². The van der Waals surface area contributed by atoms with E-state index in [1.54, 1.807) is 13.0 Å². The van der Waals surface area contributed by atoms with Gasteiger partial charge in [0.15, 0.2) is 12.1 Å². The summed E-state index contributed by atoms with van der Waals surface area (Å²) in [5.74, 6) is -2.44. The first-order valence-corrected chi connectivity index (χ1v) is 14.8. The Morgan fingerprint density at radius 2 is 1.72 bits per heavy atom. The van der Waals surface area contributed by atoms with Crippen LogP contribution in [0.25, 0.3) is 0 Å². The van der Waals surface area contributed by atoms with Crippen LogP contribution >= 0.6 is 0 Å². The predicted octanol–water partition coefficient (Wildman–Crippen LogP) is 3.86. The number of carbonyl (C=O) groups is 2. The molecule has 3 aliphatic rings. The highest BCUT2D eigenvalue weighted by Crippen LogP contribution is 2.54. The van der Waals surface area contributed by atoms with Gasteiger partial charge in [0.05, 0.1) is 54.3 Å². The summed E-state index contributed by atoms with van der Waals surface area (Å²) < 4.78 is 17.7. The van der Waals surface area contributed by atoms with Gasteiger partial charge in [-0.1, -0.05) is 38.5 Å². The minimum atomic E-state index is -1.71. The second-order valence-electron chi connectivity index (χ2n) is 11.8. The minimum absolute atomic E-state index is 0.0183. The van der Waals surface area contributed by atoms with Crippen LogP contribution in [0.1, 0.15) is 102 Å². The van der Waals surface area contributed by atoms with Crippen molar-refractivity contribution in [1.82, 2.24) is 0 Å². The van der Waals surface area contributed by atoms with Crippen LogP contribution in [0.15, 0.2) is 29.3 Å². The molecule has 0 unspecified atom stereocenters. The lowest BCUT2D eigenvalue weighted by atomic mass is 9.70. The van der Waals surface area contributed by atoms with Crippen LogP contribution in [-0.4, -0.2) is 74.9 Å². The fourth-order valence-electron chi connectivity index (χ4n) is 7.08. The van der Waals surface area contributed by atoms with Gasteiger partial charge in [-0.3, -0.25) is 9.59 Å². The van der Waals surface area contributed by atoms with Crippen molar-refractivity contribution in [2.45, 2.75) is 90.0 Å². The number of aliphatic hydroxyl groups excluding tert-OH is 2. The number of methoxy groups -OCH3 is 1. The number of hydrogen-bond donors (Lipinski definition) is 5. The van der Waals surface area contributed by atoms with Gasteiger partial charge in [-0.15, -0.1) is 0 Å². The molecule has 0 bridgehead atoms. The first-order chi connectivity index (χ1) is 20.4. The van der Waals surface area contributed by atoms with E-state index in [1.807, 2.05) is 20.8 Å². The molecule has 0 aromatic heterocycles. The molecule has 2 aromatic rings. The molecular formula is C33H40O10. The standard InChI is InChI=1S/C33H40O10/c1-6-17(7-2)20(14-34)33(40)12-19-25(22(13-33)43-23-11-15(3)28(35)16(4)42-23)32(39)27-26(30(19)37)29(36)18-9-8-10-21(41-5)24(18)31(27)38/h8-10,15-16,22-23,28,34-35,37,39-40H,6-7,11-14H2,1-5H3/t15-,16+,22+,23+,28-,33+/m1/s1. The summed E-state index contributed by atoms with van der Waals surface area (Å²) in [6.07, 6.45) is -2.13. The Balaban J connectivity index is 1.72. The van der Waals surface area contributed by atoms with Crippen LogP contribution in [-0.2, 0) is 15.9 Å². The molecule has 5 rings (SSSR count). The van der Waals surface area contributed by atoms with Crippen molar-refractivity contribution in [3.8, 4) is 17.2 Å². The Kier molecular flexibility index (Phi) is 8.45. The third-order valence-corrected chi connectivity index (χ3v) is 9.39. The maximum atomic E-state index is 13.9. The van der Waals surface area contributed by atoms with Crippen LogP contribution < -0.4 is 4.74 Å². The zero-order chi connectivity index (χ0) is 31.4. The van der Waals surface area contributed by atoms with E-state index in [-0.39, 0.29) is 57.9 Å². The molecule has 232 valence electrons. The number of fused-ring (bicyclic) bond motifs is 3. The van der Waals surface area contributed by atoms with Crippen molar-refractivity contribution in [3.05, 3.63) is 62.7 Å². The zero-order valence-corrected chi connectivity index (χ0v) is 25.1. The smallest absolute Gasteiger partial charge is 0.202 e. The summed E-state index contributed by atoms with van der Waals surface area (Å²) in [7, 11) is 1.37. The lowest BCUT2D eigenvalue weighted by Gasteiger charge is -2.44. The SMILES string of the molecule is CCC(CC)=C(CO)[C@]1(O)Cc2c(O)c3c(c(O)c2[C@@H](O[C@H]2C[C@@H](C)[C@@H](O)[C@H](C)O2)C1)C(=O)c1c(OC)cccc1C3=O. The molecule has 1 heterocycles. The minimum Gasteiger partial charge on any atom is -0.507 e. The molecule has 43 heavy (non-hydrogen) atoms. The number of aromatic hydroxyl groups is 2. The summed E-state index contributed by atoms with van der Waals surface area (Å²) >= 11 is 0. The Morgan fingerprint density at radius 3 is 2.33 bits per heavy atom.